The zero-order valence-electron chi connectivity index (χ0n) is 10.8. The van der Waals surface area contributed by atoms with Gasteiger partial charge < -0.3 is 16.6 Å². The highest BCUT2D eigenvalue weighted by atomic mass is 35.5. The van der Waals surface area contributed by atoms with Gasteiger partial charge in [0, 0.05) is 11.8 Å². The summed E-state index contributed by atoms with van der Waals surface area (Å²) < 4.78 is 0. The minimum absolute atomic E-state index is 0. The van der Waals surface area contributed by atoms with Crippen molar-refractivity contribution in [3.05, 3.63) is 48.2 Å². The van der Waals surface area contributed by atoms with Gasteiger partial charge in [-0.1, -0.05) is 12.1 Å². The van der Waals surface area contributed by atoms with Crippen LogP contribution in [0.4, 0.5) is 5.69 Å². The van der Waals surface area contributed by atoms with Gasteiger partial charge in [-0.2, -0.15) is 0 Å². The summed E-state index contributed by atoms with van der Waals surface area (Å²) in [6.45, 7) is 0. The maximum absolute atomic E-state index is 11.2. The minimum atomic E-state index is -1.03. The topological polar surface area (TPSA) is 115 Å². The maximum Gasteiger partial charge on any atom is 0.337 e. The standard InChI is InChI=1S/C13H12N4O2.2ClH/c14-13(15)17-9-4-1-3-8(7-9)11-10(12(18)19)5-2-6-16-11;;/h1-7H,(H,18,19)(H4,14,15,17);2*1H. The number of benzene rings is 1. The monoisotopic (exact) mass is 328 g/mol. The van der Waals surface area contributed by atoms with Crippen molar-refractivity contribution in [3.63, 3.8) is 0 Å². The lowest BCUT2D eigenvalue weighted by Gasteiger charge is -2.05. The molecule has 0 aliphatic rings. The molecule has 0 saturated carbocycles. The smallest absolute Gasteiger partial charge is 0.337 e. The highest BCUT2D eigenvalue weighted by Gasteiger charge is 2.12. The van der Waals surface area contributed by atoms with Gasteiger partial charge in [-0.25, -0.2) is 9.79 Å². The van der Waals surface area contributed by atoms with E-state index in [1.165, 1.54) is 12.3 Å². The van der Waals surface area contributed by atoms with E-state index in [9.17, 15) is 4.79 Å². The molecule has 0 amide bonds. The Balaban J connectivity index is 0.00000200. The summed E-state index contributed by atoms with van der Waals surface area (Å²) in [5.74, 6) is -1.09. The molecule has 8 heteroatoms. The van der Waals surface area contributed by atoms with Crippen LogP contribution in [0.25, 0.3) is 11.3 Å². The van der Waals surface area contributed by atoms with Crippen molar-refractivity contribution < 1.29 is 9.90 Å². The second-order valence-electron chi connectivity index (χ2n) is 3.79. The van der Waals surface area contributed by atoms with Gasteiger partial charge in [-0.3, -0.25) is 4.98 Å². The summed E-state index contributed by atoms with van der Waals surface area (Å²) in [7, 11) is 0. The van der Waals surface area contributed by atoms with Crippen LogP contribution >= 0.6 is 24.8 Å². The number of aliphatic imine (C=N–C) groups is 1. The number of carboxylic acids is 1. The quantitative estimate of drug-likeness (QED) is 0.590. The molecule has 2 rings (SSSR count). The van der Waals surface area contributed by atoms with Crippen molar-refractivity contribution in [2.45, 2.75) is 0 Å². The average molecular weight is 329 g/mol. The molecule has 6 nitrogen and oxygen atoms in total. The molecular weight excluding hydrogens is 315 g/mol. The van der Waals surface area contributed by atoms with Crippen LogP contribution in [-0.2, 0) is 0 Å². The Kier molecular flexibility index (Phi) is 7.19. The third kappa shape index (κ3) is 4.62. The number of carbonyl (C=O) groups is 1. The molecule has 1 heterocycles. The van der Waals surface area contributed by atoms with E-state index in [0.29, 0.717) is 16.9 Å². The lowest BCUT2D eigenvalue weighted by Crippen LogP contribution is -2.21. The van der Waals surface area contributed by atoms with E-state index in [0.717, 1.165) is 0 Å². The lowest BCUT2D eigenvalue weighted by atomic mass is 10.1. The Morgan fingerprint density at radius 1 is 1.14 bits per heavy atom. The molecule has 0 saturated heterocycles. The third-order valence-electron chi connectivity index (χ3n) is 2.42. The number of nitrogens with zero attached hydrogens (tertiary/aromatic N) is 2. The highest BCUT2D eigenvalue weighted by molar-refractivity contribution is 5.95. The number of aromatic nitrogens is 1. The highest BCUT2D eigenvalue weighted by Crippen LogP contribution is 2.25. The molecule has 0 atom stereocenters. The number of guanidine groups is 1. The first-order chi connectivity index (χ1) is 9.08. The zero-order valence-corrected chi connectivity index (χ0v) is 12.4. The van der Waals surface area contributed by atoms with E-state index in [4.69, 9.17) is 16.6 Å². The Labute approximate surface area is 133 Å². The van der Waals surface area contributed by atoms with Gasteiger partial charge in [0.1, 0.15) is 0 Å². The van der Waals surface area contributed by atoms with Crippen molar-refractivity contribution in [2.75, 3.05) is 0 Å². The van der Waals surface area contributed by atoms with Crippen molar-refractivity contribution in [3.8, 4) is 11.3 Å². The predicted octanol–water partition coefficient (Wildman–Crippen LogP) is 2.20. The molecule has 1 aromatic carbocycles. The van der Waals surface area contributed by atoms with E-state index in [1.54, 1.807) is 30.3 Å². The first kappa shape index (κ1) is 18.7. The van der Waals surface area contributed by atoms with Gasteiger partial charge in [0.15, 0.2) is 5.96 Å². The van der Waals surface area contributed by atoms with Crippen LogP contribution in [0, 0.1) is 0 Å². The fourth-order valence-corrected chi connectivity index (χ4v) is 1.68. The van der Waals surface area contributed by atoms with Crippen molar-refractivity contribution >= 4 is 42.4 Å². The first-order valence-electron chi connectivity index (χ1n) is 5.46. The number of hydrogen-bond acceptors (Lipinski definition) is 3. The maximum atomic E-state index is 11.2. The van der Waals surface area contributed by atoms with E-state index >= 15 is 0 Å². The van der Waals surface area contributed by atoms with Crippen LogP contribution in [0.5, 0.6) is 0 Å². The van der Waals surface area contributed by atoms with E-state index in [-0.39, 0.29) is 36.3 Å². The Hall–Kier alpha value is -2.31. The summed E-state index contributed by atoms with van der Waals surface area (Å²) >= 11 is 0. The second kappa shape index (κ2) is 8.08. The van der Waals surface area contributed by atoms with Gasteiger partial charge in [-0.15, -0.1) is 24.8 Å². The first-order valence-corrected chi connectivity index (χ1v) is 5.46. The van der Waals surface area contributed by atoms with E-state index in [1.807, 2.05) is 0 Å². The van der Waals surface area contributed by atoms with E-state index < -0.39 is 5.97 Å². The summed E-state index contributed by atoms with van der Waals surface area (Å²) in [5, 5.41) is 9.13. The minimum Gasteiger partial charge on any atom is -0.478 e. The number of pyridine rings is 1. The summed E-state index contributed by atoms with van der Waals surface area (Å²) in [5.41, 5.74) is 12.3. The molecule has 21 heavy (non-hydrogen) atoms. The normalized spacial score (nSPS) is 8.95. The number of rotatable bonds is 3. The predicted molar refractivity (Wildman–Crippen MR) is 86.6 cm³/mol. The SMILES string of the molecule is Cl.Cl.NC(N)=Nc1cccc(-c2ncccc2C(=O)O)c1. The van der Waals surface area contributed by atoms with Crippen LogP contribution in [0.3, 0.4) is 0 Å². The molecule has 0 aliphatic heterocycles. The number of nitrogens with two attached hydrogens (primary N) is 2. The van der Waals surface area contributed by atoms with Gasteiger partial charge in [0.25, 0.3) is 0 Å². The number of aromatic carboxylic acids is 1. The van der Waals surface area contributed by atoms with Crippen molar-refractivity contribution in [1.29, 1.82) is 0 Å². The van der Waals surface area contributed by atoms with Gasteiger partial charge in [0.2, 0.25) is 0 Å². The zero-order chi connectivity index (χ0) is 13.8. The molecule has 112 valence electrons. The Bertz CT molecular complexity index is 658. The van der Waals surface area contributed by atoms with Crippen molar-refractivity contribution in [2.24, 2.45) is 16.5 Å². The Morgan fingerprint density at radius 3 is 2.48 bits per heavy atom. The largest absolute Gasteiger partial charge is 0.478 e. The van der Waals surface area contributed by atoms with Crippen LogP contribution in [-0.4, -0.2) is 22.0 Å². The molecule has 5 N–H and O–H groups in total. The number of halogens is 2. The molecule has 0 spiro atoms. The van der Waals surface area contributed by atoms with Gasteiger partial charge in [-0.05, 0) is 24.3 Å². The molecule has 0 bridgehead atoms. The molecule has 2 aromatic rings. The van der Waals surface area contributed by atoms with Crippen molar-refractivity contribution in [1.82, 2.24) is 4.98 Å². The fourth-order valence-electron chi connectivity index (χ4n) is 1.68. The summed E-state index contributed by atoms with van der Waals surface area (Å²) in [6, 6.07) is 9.95. The van der Waals surface area contributed by atoms with Gasteiger partial charge >= 0.3 is 5.97 Å². The number of hydrogen-bond donors (Lipinski definition) is 3. The van der Waals surface area contributed by atoms with Gasteiger partial charge in [0.05, 0.1) is 16.9 Å². The summed E-state index contributed by atoms with van der Waals surface area (Å²) in [4.78, 5) is 19.2. The molecular formula is C13H14Cl2N4O2. The van der Waals surface area contributed by atoms with Crippen LogP contribution in [0.1, 0.15) is 10.4 Å². The van der Waals surface area contributed by atoms with Crippen LogP contribution in [0.2, 0.25) is 0 Å². The van der Waals surface area contributed by atoms with Crippen LogP contribution in [0.15, 0.2) is 47.6 Å². The molecule has 0 fully saturated rings. The Morgan fingerprint density at radius 2 is 1.86 bits per heavy atom. The lowest BCUT2D eigenvalue weighted by molar-refractivity contribution is 0.0697. The molecule has 0 unspecified atom stereocenters. The second-order valence-corrected chi connectivity index (χ2v) is 3.79. The van der Waals surface area contributed by atoms with E-state index in [2.05, 4.69) is 9.98 Å². The molecule has 0 aliphatic carbocycles. The summed E-state index contributed by atoms with van der Waals surface area (Å²) in [6.07, 6.45) is 1.54. The molecule has 0 radical (unpaired) electrons. The third-order valence-corrected chi connectivity index (χ3v) is 2.42. The van der Waals surface area contributed by atoms with Crippen LogP contribution < -0.4 is 11.5 Å². The molecule has 1 aromatic heterocycles. The fraction of sp³-hybridized carbons (Fsp3) is 0. The average Bonchev–Trinajstić information content (AvgIpc) is 2.38. The number of carboxylic acid groups (broad SMARTS) is 1.